The monoisotopic (exact) mass is 447 g/mol. The minimum absolute atomic E-state index is 0.0555. The third kappa shape index (κ3) is 4.73. The molecule has 0 saturated carbocycles. The first kappa shape index (κ1) is 21.8. The van der Waals surface area contributed by atoms with E-state index in [4.69, 9.17) is 0 Å². The van der Waals surface area contributed by atoms with Crippen molar-refractivity contribution in [2.45, 2.75) is 32.9 Å². The number of amides is 3. The van der Waals surface area contributed by atoms with Crippen LogP contribution in [0.15, 0.2) is 66.0 Å². The lowest BCUT2D eigenvalue weighted by atomic mass is 9.97. The van der Waals surface area contributed by atoms with E-state index in [0.717, 1.165) is 21.7 Å². The maximum Gasteiger partial charge on any atom is 0.228 e. The number of rotatable bonds is 6. The molecule has 3 aromatic rings. The van der Waals surface area contributed by atoms with Crippen molar-refractivity contribution in [1.82, 2.24) is 5.32 Å². The Morgan fingerprint density at radius 3 is 2.56 bits per heavy atom. The van der Waals surface area contributed by atoms with Crippen LogP contribution in [-0.4, -0.2) is 17.7 Å². The highest BCUT2D eigenvalue weighted by atomic mass is 32.1. The van der Waals surface area contributed by atoms with Gasteiger partial charge in [-0.05, 0) is 48.2 Å². The molecule has 1 aliphatic rings. The number of nitrogens with zero attached hydrogens (tertiary/aromatic N) is 1. The SMILES string of the molecule is CC(=O)Nc1cccc(CNC(=O)C2CC(=O)N(c3ccc(C)cc3)C2c2cccs2)c1. The summed E-state index contributed by atoms with van der Waals surface area (Å²) in [5.74, 6) is -0.844. The molecule has 1 saturated heterocycles. The number of hydrogen-bond donors (Lipinski definition) is 2. The fraction of sp³-hybridized carbons (Fsp3) is 0.240. The zero-order chi connectivity index (χ0) is 22.7. The zero-order valence-electron chi connectivity index (χ0n) is 18.0. The maximum absolute atomic E-state index is 13.2. The van der Waals surface area contributed by atoms with Crippen molar-refractivity contribution >= 4 is 40.4 Å². The van der Waals surface area contributed by atoms with E-state index < -0.39 is 5.92 Å². The second-order valence-corrected chi connectivity index (χ2v) is 8.95. The second kappa shape index (κ2) is 9.36. The number of benzene rings is 2. The van der Waals surface area contributed by atoms with Crippen LogP contribution >= 0.6 is 11.3 Å². The van der Waals surface area contributed by atoms with Crippen LogP contribution in [0.1, 0.15) is 35.4 Å². The fourth-order valence-corrected chi connectivity index (χ4v) is 4.93. The lowest BCUT2D eigenvalue weighted by Crippen LogP contribution is -2.35. The summed E-state index contributed by atoms with van der Waals surface area (Å²) in [4.78, 5) is 40.3. The van der Waals surface area contributed by atoms with Crippen molar-refractivity contribution in [3.8, 4) is 0 Å². The van der Waals surface area contributed by atoms with Gasteiger partial charge in [0.2, 0.25) is 17.7 Å². The van der Waals surface area contributed by atoms with Gasteiger partial charge in [-0.15, -0.1) is 11.3 Å². The standard InChI is InChI=1S/C25H25N3O3S/c1-16-8-10-20(11-9-16)28-23(30)14-21(24(28)22-7-4-12-32-22)25(31)26-15-18-5-3-6-19(13-18)27-17(2)29/h3-13,21,24H,14-15H2,1-2H3,(H,26,31)(H,27,29). The molecule has 2 atom stereocenters. The quantitative estimate of drug-likeness (QED) is 0.587. The van der Waals surface area contributed by atoms with E-state index in [9.17, 15) is 14.4 Å². The topological polar surface area (TPSA) is 78.5 Å². The Balaban J connectivity index is 1.54. The third-order valence-corrected chi connectivity index (χ3v) is 6.46. The number of hydrogen-bond acceptors (Lipinski definition) is 4. The average Bonchev–Trinajstić information content (AvgIpc) is 3.40. The normalized spacial score (nSPS) is 17.9. The third-order valence-electron chi connectivity index (χ3n) is 5.52. The van der Waals surface area contributed by atoms with Crippen LogP contribution in [0.3, 0.4) is 0 Å². The lowest BCUT2D eigenvalue weighted by Gasteiger charge is -2.27. The number of nitrogens with one attached hydrogen (secondary N) is 2. The van der Waals surface area contributed by atoms with Gasteiger partial charge in [-0.2, -0.15) is 0 Å². The van der Waals surface area contributed by atoms with Crippen LogP contribution in [0.2, 0.25) is 0 Å². The van der Waals surface area contributed by atoms with E-state index in [1.165, 1.54) is 6.92 Å². The molecule has 2 heterocycles. The molecule has 1 aromatic heterocycles. The molecular weight excluding hydrogens is 422 g/mol. The number of carbonyl (C=O) groups is 3. The number of aryl methyl sites for hydroxylation is 1. The first-order valence-electron chi connectivity index (χ1n) is 10.5. The summed E-state index contributed by atoms with van der Waals surface area (Å²) in [6.45, 7) is 3.78. The van der Waals surface area contributed by atoms with Gasteiger partial charge in [-0.3, -0.25) is 14.4 Å². The summed E-state index contributed by atoms with van der Waals surface area (Å²) < 4.78 is 0. The molecule has 1 fully saturated rings. The Labute approximate surface area is 191 Å². The van der Waals surface area contributed by atoms with E-state index in [-0.39, 0.29) is 30.2 Å². The molecule has 2 unspecified atom stereocenters. The van der Waals surface area contributed by atoms with Gasteiger partial charge in [-0.25, -0.2) is 0 Å². The molecule has 4 rings (SSSR count). The van der Waals surface area contributed by atoms with Crippen molar-refractivity contribution in [2.75, 3.05) is 10.2 Å². The molecular formula is C25H25N3O3S. The van der Waals surface area contributed by atoms with Gasteiger partial charge in [0.05, 0.1) is 12.0 Å². The van der Waals surface area contributed by atoms with Crippen molar-refractivity contribution in [3.05, 3.63) is 82.0 Å². The van der Waals surface area contributed by atoms with Crippen LogP contribution in [0.4, 0.5) is 11.4 Å². The first-order chi connectivity index (χ1) is 15.4. The van der Waals surface area contributed by atoms with Gasteiger partial charge in [0, 0.05) is 36.1 Å². The van der Waals surface area contributed by atoms with E-state index in [1.54, 1.807) is 22.3 Å². The van der Waals surface area contributed by atoms with Crippen molar-refractivity contribution in [2.24, 2.45) is 5.92 Å². The lowest BCUT2D eigenvalue weighted by molar-refractivity contribution is -0.127. The predicted octanol–water partition coefficient (Wildman–Crippen LogP) is 4.43. The fourth-order valence-electron chi connectivity index (χ4n) is 4.05. The number of anilines is 2. The highest BCUT2D eigenvalue weighted by Gasteiger charge is 2.45. The summed E-state index contributed by atoms with van der Waals surface area (Å²) in [7, 11) is 0. The summed E-state index contributed by atoms with van der Waals surface area (Å²) in [5, 5.41) is 7.70. The van der Waals surface area contributed by atoms with Gasteiger partial charge in [-0.1, -0.05) is 35.9 Å². The molecule has 2 N–H and O–H groups in total. The largest absolute Gasteiger partial charge is 0.352 e. The Hall–Kier alpha value is -3.45. The van der Waals surface area contributed by atoms with Gasteiger partial charge >= 0.3 is 0 Å². The van der Waals surface area contributed by atoms with Gasteiger partial charge in [0.15, 0.2) is 0 Å². The molecule has 1 aliphatic heterocycles. The zero-order valence-corrected chi connectivity index (χ0v) is 18.8. The Kier molecular flexibility index (Phi) is 6.37. The molecule has 0 bridgehead atoms. The Bertz CT molecular complexity index is 1130. The summed E-state index contributed by atoms with van der Waals surface area (Å²) in [5.41, 5.74) is 3.47. The van der Waals surface area contributed by atoms with E-state index in [1.807, 2.05) is 66.9 Å². The van der Waals surface area contributed by atoms with Crippen LogP contribution in [0.5, 0.6) is 0 Å². The predicted molar refractivity (Wildman–Crippen MR) is 126 cm³/mol. The first-order valence-corrected chi connectivity index (χ1v) is 11.4. The highest BCUT2D eigenvalue weighted by Crippen LogP contribution is 2.43. The van der Waals surface area contributed by atoms with Crippen LogP contribution < -0.4 is 15.5 Å². The molecule has 0 aliphatic carbocycles. The van der Waals surface area contributed by atoms with Crippen molar-refractivity contribution in [3.63, 3.8) is 0 Å². The summed E-state index contributed by atoms with van der Waals surface area (Å²) >= 11 is 1.55. The van der Waals surface area contributed by atoms with E-state index in [0.29, 0.717) is 12.2 Å². The molecule has 0 spiro atoms. The van der Waals surface area contributed by atoms with E-state index >= 15 is 0 Å². The molecule has 164 valence electrons. The smallest absolute Gasteiger partial charge is 0.228 e. The van der Waals surface area contributed by atoms with Gasteiger partial charge in [0.1, 0.15) is 0 Å². The van der Waals surface area contributed by atoms with Crippen molar-refractivity contribution < 1.29 is 14.4 Å². The van der Waals surface area contributed by atoms with Crippen molar-refractivity contribution in [1.29, 1.82) is 0 Å². The maximum atomic E-state index is 13.2. The van der Waals surface area contributed by atoms with Gasteiger partial charge in [0.25, 0.3) is 0 Å². The molecule has 6 nitrogen and oxygen atoms in total. The second-order valence-electron chi connectivity index (χ2n) is 7.97. The Morgan fingerprint density at radius 1 is 1.09 bits per heavy atom. The average molecular weight is 448 g/mol. The number of carbonyl (C=O) groups excluding carboxylic acids is 3. The van der Waals surface area contributed by atoms with Crippen LogP contribution in [-0.2, 0) is 20.9 Å². The molecule has 7 heteroatoms. The van der Waals surface area contributed by atoms with E-state index in [2.05, 4.69) is 10.6 Å². The molecule has 2 aromatic carbocycles. The molecule has 0 radical (unpaired) electrons. The minimum Gasteiger partial charge on any atom is -0.352 e. The summed E-state index contributed by atoms with van der Waals surface area (Å²) in [6.07, 6.45) is 0.161. The summed E-state index contributed by atoms with van der Waals surface area (Å²) in [6, 6.07) is 18.8. The molecule has 32 heavy (non-hydrogen) atoms. The number of thiophene rings is 1. The molecule has 3 amide bonds. The van der Waals surface area contributed by atoms with Crippen LogP contribution in [0.25, 0.3) is 0 Å². The minimum atomic E-state index is -0.485. The Morgan fingerprint density at radius 2 is 1.88 bits per heavy atom. The highest BCUT2D eigenvalue weighted by molar-refractivity contribution is 7.10. The van der Waals surface area contributed by atoms with Gasteiger partial charge < -0.3 is 15.5 Å². The van der Waals surface area contributed by atoms with Crippen LogP contribution in [0, 0.1) is 12.8 Å².